The van der Waals surface area contributed by atoms with Crippen molar-refractivity contribution in [1.29, 1.82) is 0 Å². The summed E-state index contributed by atoms with van der Waals surface area (Å²) in [6.45, 7) is 8.80. The summed E-state index contributed by atoms with van der Waals surface area (Å²) in [5.74, 6) is 0.125. The Morgan fingerprint density at radius 1 is 0.872 bits per heavy atom. The molecule has 7 nitrogen and oxygen atoms in total. The summed E-state index contributed by atoms with van der Waals surface area (Å²) < 4.78 is 5.85. The molecule has 0 radical (unpaired) electrons. The number of hydrogen-bond donors (Lipinski definition) is 0. The summed E-state index contributed by atoms with van der Waals surface area (Å²) in [5.41, 5.74) is 4.24. The highest BCUT2D eigenvalue weighted by molar-refractivity contribution is 5.96. The summed E-state index contributed by atoms with van der Waals surface area (Å²) in [6.07, 6.45) is 1.38. The second-order valence-corrected chi connectivity index (χ2v) is 10.2. The summed E-state index contributed by atoms with van der Waals surface area (Å²) in [7, 11) is 0. The molecule has 2 aliphatic heterocycles. The van der Waals surface area contributed by atoms with Gasteiger partial charge in [0.15, 0.2) is 0 Å². The number of carbonyl (C=O) groups is 2. The Morgan fingerprint density at radius 3 is 1.97 bits per heavy atom. The van der Waals surface area contributed by atoms with Crippen molar-refractivity contribution in [2.24, 2.45) is 0 Å². The van der Waals surface area contributed by atoms with Gasteiger partial charge in [0, 0.05) is 62.0 Å². The maximum atomic E-state index is 13.7. The van der Waals surface area contributed by atoms with E-state index < -0.39 is 6.10 Å². The van der Waals surface area contributed by atoms with Gasteiger partial charge in [-0.3, -0.25) is 14.5 Å². The van der Waals surface area contributed by atoms with E-state index in [1.807, 2.05) is 96.4 Å². The van der Waals surface area contributed by atoms with Crippen LogP contribution in [0.25, 0.3) is 22.5 Å². The molecule has 2 amide bonds. The second-order valence-electron chi connectivity index (χ2n) is 10.2. The number of benzene rings is 2. The second kappa shape index (κ2) is 12.5. The number of pyridine rings is 1. The van der Waals surface area contributed by atoms with Crippen LogP contribution < -0.4 is 0 Å². The molecule has 1 unspecified atom stereocenters. The largest absolute Gasteiger partial charge is 0.366 e. The minimum Gasteiger partial charge on any atom is -0.366 e. The molecule has 2 aromatic carbocycles. The number of likely N-dealkylation sites (N-methyl/N-ethyl adjacent to an activating group) is 1. The first-order chi connectivity index (χ1) is 19.1. The van der Waals surface area contributed by atoms with Crippen LogP contribution >= 0.6 is 0 Å². The molecular formula is C32H38N4O3. The number of aromatic nitrogens is 1. The van der Waals surface area contributed by atoms with E-state index in [0.717, 1.165) is 41.9 Å². The molecule has 3 heterocycles. The van der Waals surface area contributed by atoms with Crippen LogP contribution in [-0.2, 0) is 9.53 Å². The molecule has 5 rings (SSSR count). The summed E-state index contributed by atoms with van der Waals surface area (Å²) in [5, 5.41) is 0. The van der Waals surface area contributed by atoms with Gasteiger partial charge < -0.3 is 14.5 Å². The molecule has 2 saturated heterocycles. The predicted molar refractivity (Wildman–Crippen MR) is 153 cm³/mol. The van der Waals surface area contributed by atoms with Gasteiger partial charge in [-0.05, 0) is 38.8 Å². The molecule has 0 aliphatic carbocycles. The van der Waals surface area contributed by atoms with Crippen molar-refractivity contribution >= 4 is 11.8 Å². The van der Waals surface area contributed by atoms with Crippen LogP contribution in [0.15, 0.2) is 72.8 Å². The third kappa shape index (κ3) is 6.21. The van der Waals surface area contributed by atoms with Gasteiger partial charge in [-0.15, -0.1) is 0 Å². The molecule has 39 heavy (non-hydrogen) atoms. The number of amides is 2. The first kappa shape index (κ1) is 27.0. The Morgan fingerprint density at radius 2 is 1.44 bits per heavy atom. The van der Waals surface area contributed by atoms with Crippen molar-refractivity contribution in [2.75, 3.05) is 45.9 Å². The van der Waals surface area contributed by atoms with Crippen molar-refractivity contribution in [3.63, 3.8) is 0 Å². The van der Waals surface area contributed by atoms with Crippen molar-refractivity contribution < 1.29 is 14.3 Å². The lowest BCUT2D eigenvalue weighted by atomic mass is 9.99. The lowest BCUT2D eigenvalue weighted by molar-refractivity contribution is -0.150. The Labute approximate surface area is 231 Å². The summed E-state index contributed by atoms with van der Waals surface area (Å²) >= 11 is 0. The third-order valence-corrected chi connectivity index (χ3v) is 7.93. The van der Waals surface area contributed by atoms with Crippen LogP contribution in [0.3, 0.4) is 0 Å². The molecule has 3 aromatic rings. The Kier molecular flexibility index (Phi) is 8.69. The van der Waals surface area contributed by atoms with Gasteiger partial charge in [-0.25, -0.2) is 4.98 Å². The van der Waals surface area contributed by atoms with E-state index in [1.165, 1.54) is 0 Å². The van der Waals surface area contributed by atoms with E-state index in [4.69, 9.17) is 9.72 Å². The minimum atomic E-state index is -0.400. The van der Waals surface area contributed by atoms with E-state index in [0.29, 0.717) is 50.9 Å². The van der Waals surface area contributed by atoms with Crippen LogP contribution in [0.5, 0.6) is 0 Å². The predicted octanol–water partition coefficient (Wildman–Crippen LogP) is 4.59. The first-order valence-electron chi connectivity index (χ1n) is 14.1. The van der Waals surface area contributed by atoms with Gasteiger partial charge in [-0.1, -0.05) is 60.7 Å². The molecule has 2 fully saturated rings. The molecule has 204 valence electrons. The molecular weight excluding hydrogens is 488 g/mol. The van der Waals surface area contributed by atoms with Crippen LogP contribution in [0.2, 0.25) is 0 Å². The van der Waals surface area contributed by atoms with E-state index in [2.05, 4.69) is 4.90 Å². The highest BCUT2D eigenvalue weighted by atomic mass is 16.5. The molecule has 1 atom stereocenters. The van der Waals surface area contributed by atoms with Gasteiger partial charge in [-0.2, -0.15) is 0 Å². The van der Waals surface area contributed by atoms with Crippen molar-refractivity contribution in [3.05, 3.63) is 78.4 Å². The monoisotopic (exact) mass is 526 g/mol. The first-order valence-corrected chi connectivity index (χ1v) is 14.1. The van der Waals surface area contributed by atoms with Crippen LogP contribution in [0.1, 0.15) is 37.0 Å². The fraction of sp³-hybridized carbons (Fsp3) is 0.406. The van der Waals surface area contributed by atoms with Gasteiger partial charge >= 0.3 is 0 Å². The number of rotatable bonds is 7. The molecule has 0 spiro atoms. The molecule has 0 N–H and O–H groups in total. The molecule has 0 saturated carbocycles. The number of morpholine rings is 1. The average molecular weight is 527 g/mol. The number of nitrogens with zero attached hydrogens (tertiary/aromatic N) is 4. The van der Waals surface area contributed by atoms with Crippen molar-refractivity contribution in [3.8, 4) is 22.5 Å². The van der Waals surface area contributed by atoms with Gasteiger partial charge in [0.1, 0.15) is 6.10 Å². The quantitative estimate of drug-likeness (QED) is 0.451. The van der Waals surface area contributed by atoms with E-state index in [9.17, 15) is 9.59 Å². The standard InChI is InChI=1S/C32H38N4O3/c1-3-34(4-2)32(38)30-23-36(19-20-39-30)27-15-17-35(18-16-27)31(37)26-21-28(24-11-7-5-8-12-24)33-29(22-26)25-13-9-6-10-14-25/h5-14,21-22,27,30H,3-4,15-20,23H2,1-2H3. The summed E-state index contributed by atoms with van der Waals surface area (Å²) in [6, 6.07) is 24.2. The number of carbonyl (C=O) groups excluding carboxylic acids is 2. The Hall–Kier alpha value is -3.55. The lowest BCUT2D eigenvalue weighted by Crippen LogP contribution is -2.55. The zero-order chi connectivity index (χ0) is 27.2. The van der Waals surface area contributed by atoms with Crippen LogP contribution in [0.4, 0.5) is 0 Å². The fourth-order valence-electron chi connectivity index (χ4n) is 5.67. The maximum absolute atomic E-state index is 13.7. The Bertz CT molecular complexity index is 1200. The minimum absolute atomic E-state index is 0.0433. The summed E-state index contributed by atoms with van der Waals surface area (Å²) in [4.78, 5) is 37.7. The number of hydrogen-bond acceptors (Lipinski definition) is 5. The molecule has 7 heteroatoms. The Balaban J connectivity index is 1.29. The third-order valence-electron chi connectivity index (χ3n) is 7.93. The topological polar surface area (TPSA) is 66.0 Å². The van der Waals surface area contributed by atoms with Gasteiger partial charge in [0.2, 0.25) is 0 Å². The zero-order valence-corrected chi connectivity index (χ0v) is 23.0. The van der Waals surface area contributed by atoms with Crippen molar-refractivity contribution in [1.82, 2.24) is 19.7 Å². The average Bonchev–Trinajstić information content (AvgIpc) is 3.02. The molecule has 1 aromatic heterocycles. The number of likely N-dealkylation sites (tertiary alicyclic amines) is 1. The highest BCUT2D eigenvalue weighted by Gasteiger charge is 2.34. The van der Waals surface area contributed by atoms with E-state index in [-0.39, 0.29) is 11.8 Å². The van der Waals surface area contributed by atoms with Crippen LogP contribution in [-0.4, -0.2) is 89.5 Å². The van der Waals surface area contributed by atoms with E-state index >= 15 is 0 Å². The number of piperidine rings is 1. The highest BCUT2D eigenvalue weighted by Crippen LogP contribution is 2.27. The maximum Gasteiger partial charge on any atom is 0.254 e. The fourth-order valence-corrected chi connectivity index (χ4v) is 5.67. The molecule has 0 bridgehead atoms. The lowest BCUT2D eigenvalue weighted by Gasteiger charge is -2.42. The zero-order valence-electron chi connectivity index (χ0n) is 23.0. The normalized spacial score (nSPS) is 18.6. The SMILES string of the molecule is CCN(CC)C(=O)C1CN(C2CCN(C(=O)c3cc(-c4ccccc4)nc(-c4ccccc4)c3)CC2)CCO1. The van der Waals surface area contributed by atoms with Crippen LogP contribution in [0, 0.1) is 0 Å². The smallest absolute Gasteiger partial charge is 0.254 e. The number of ether oxygens (including phenoxy) is 1. The van der Waals surface area contributed by atoms with Gasteiger partial charge in [0.25, 0.3) is 11.8 Å². The van der Waals surface area contributed by atoms with E-state index in [1.54, 1.807) is 0 Å². The molecule has 2 aliphatic rings. The van der Waals surface area contributed by atoms with Gasteiger partial charge in [0.05, 0.1) is 18.0 Å². The van der Waals surface area contributed by atoms with Crippen molar-refractivity contribution in [2.45, 2.75) is 38.8 Å².